The van der Waals surface area contributed by atoms with Crippen molar-refractivity contribution in [1.29, 1.82) is 0 Å². The number of anilines is 2. The molecule has 0 saturated carbocycles. The minimum atomic E-state index is -0.433. The predicted octanol–water partition coefficient (Wildman–Crippen LogP) is 2.18. The second kappa shape index (κ2) is 8.59. The Hall–Kier alpha value is -3.00. The largest absolute Gasteiger partial charge is 0.462 e. The third-order valence-corrected chi connectivity index (χ3v) is 4.04. The van der Waals surface area contributed by atoms with Crippen LogP contribution >= 0.6 is 0 Å². The van der Waals surface area contributed by atoms with E-state index < -0.39 is 5.97 Å². The zero-order valence-electron chi connectivity index (χ0n) is 15.4. The highest BCUT2D eigenvalue weighted by Crippen LogP contribution is 2.20. The molecular weight excluding hydrogens is 348 g/mol. The van der Waals surface area contributed by atoms with E-state index >= 15 is 0 Å². The number of esters is 1. The van der Waals surface area contributed by atoms with Gasteiger partial charge in [-0.1, -0.05) is 12.1 Å². The quantitative estimate of drug-likeness (QED) is 0.806. The van der Waals surface area contributed by atoms with Gasteiger partial charge in [-0.2, -0.15) is 0 Å². The molecule has 0 atom stereocenters. The molecule has 142 valence electrons. The number of rotatable bonds is 5. The zero-order chi connectivity index (χ0) is 19.2. The number of morpholine rings is 1. The third-order valence-electron chi connectivity index (χ3n) is 4.04. The summed E-state index contributed by atoms with van der Waals surface area (Å²) < 4.78 is 10.4. The lowest BCUT2D eigenvalue weighted by atomic mass is 10.2. The first-order chi connectivity index (χ1) is 13.1. The number of aryl methyl sites for hydroxylation is 1. The maximum atomic E-state index is 12.7. The van der Waals surface area contributed by atoms with Gasteiger partial charge < -0.3 is 19.7 Å². The van der Waals surface area contributed by atoms with E-state index in [0.717, 1.165) is 0 Å². The summed E-state index contributed by atoms with van der Waals surface area (Å²) in [5.41, 5.74) is 1.86. The summed E-state index contributed by atoms with van der Waals surface area (Å²) in [4.78, 5) is 35.2. The lowest BCUT2D eigenvalue weighted by Gasteiger charge is -2.26. The summed E-state index contributed by atoms with van der Waals surface area (Å²) in [6.45, 7) is 5.95. The summed E-state index contributed by atoms with van der Waals surface area (Å²) in [7, 11) is 0. The molecule has 1 aromatic carbocycles. The molecule has 1 saturated heterocycles. The van der Waals surface area contributed by atoms with Crippen LogP contribution in [0, 0.1) is 6.92 Å². The van der Waals surface area contributed by atoms with E-state index in [2.05, 4.69) is 15.3 Å². The fraction of sp³-hybridized carbons (Fsp3) is 0.368. The van der Waals surface area contributed by atoms with E-state index in [9.17, 15) is 9.59 Å². The molecule has 1 aliphatic heterocycles. The fourth-order valence-corrected chi connectivity index (χ4v) is 2.76. The van der Waals surface area contributed by atoms with Crippen LogP contribution in [0.3, 0.4) is 0 Å². The Morgan fingerprint density at radius 2 is 1.96 bits per heavy atom. The van der Waals surface area contributed by atoms with Gasteiger partial charge in [0.05, 0.1) is 31.1 Å². The van der Waals surface area contributed by atoms with E-state index in [1.54, 1.807) is 49.1 Å². The van der Waals surface area contributed by atoms with E-state index in [-0.39, 0.29) is 18.5 Å². The fourth-order valence-electron chi connectivity index (χ4n) is 2.76. The molecule has 3 rings (SSSR count). The molecule has 0 spiro atoms. The maximum Gasteiger partial charge on any atom is 0.340 e. The zero-order valence-corrected chi connectivity index (χ0v) is 15.4. The third kappa shape index (κ3) is 4.59. The van der Waals surface area contributed by atoms with Gasteiger partial charge >= 0.3 is 5.97 Å². The minimum Gasteiger partial charge on any atom is -0.462 e. The number of amides is 1. The van der Waals surface area contributed by atoms with Crippen molar-refractivity contribution >= 4 is 23.5 Å². The highest BCUT2D eigenvalue weighted by atomic mass is 16.5. The topological polar surface area (TPSA) is 93.6 Å². The molecule has 1 N–H and O–H groups in total. The summed E-state index contributed by atoms with van der Waals surface area (Å²) in [5.74, 6) is -0.341. The van der Waals surface area contributed by atoms with Gasteiger partial charge in [-0.25, -0.2) is 14.8 Å². The Balaban J connectivity index is 1.85. The predicted molar refractivity (Wildman–Crippen MR) is 99.2 cm³/mol. The number of hydrogen-bond acceptors (Lipinski definition) is 7. The van der Waals surface area contributed by atoms with Crippen LogP contribution in [0.1, 0.15) is 33.5 Å². The van der Waals surface area contributed by atoms with Gasteiger partial charge in [0.25, 0.3) is 5.91 Å². The number of benzene rings is 1. The van der Waals surface area contributed by atoms with E-state index in [4.69, 9.17) is 9.47 Å². The number of aromatic nitrogens is 2. The molecule has 0 radical (unpaired) electrons. The number of carbonyl (C=O) groups is 2. The number of ether oxygens (including phenoxy) is 2. The van der Waals surface area contributed by atoms with Gasteiger partial charge in [0.2, 0.25) is 5.95 Å². The van der Waals surface area contributed by atoms with Crippen LogP contribution in [0.25, 0.3) is 0 Å². The van der Waals surface area contributed by atoms with Crippen LogP contribution in [0.15, 0.2) is 30.3 Å². The first-order valence-electron chi connectivity index (χ1n) is 8.84. The molecule has 1 fully saturated rings. The van der Waals surface area contributed by atoms with Crippen molar-refractivity contribution in [2.45, 2.75) is 13.8 Å². The number of nitrogens with zero attached hydrogens (tertiary/aromatic N) is 3. The summed E-state index contributed by atoms with van der Waals surface area (Å²) in [5, 5.41) is 3.03. The van der Waals surface area contributed by atoms with Crippen LogP contribution in [0.2, 0.25) is 0 Å². The highest BCUT2D eigenvalue weighted by Gasteiger charge is 2.21. The standard InChI is InChI=1S/C19H22N4O4/c1-3-27-18(25)14-6-4-5-7-15(14)21-19-20-13(2)12-16(22-19)17(24)23-8-10-26-11-9-23/h4-7,12H,3,8-11H2,1-2H3,(H,20,21,22). The van der Waals surface area contributed by atoms with Gasteiger partial charge in [-0.15, -0.1) is 0 Å². The van der Waals surface area contributed by atoms with E-state index in [1.165, 1.54) is 0 Å². The van der Waals surface area contributed by atoms with E-state index in [1.807, 2.05) is 0 Å². The van der Waals surface area contributed by atoms with Gasteiger partial charge in [0.1, 0.15) is 5.69 Å². The Bertz CT molecular complexity index is 834. The molecular formula is C19H22N4O4. The van der Waals surface area contributed by atoms with Gasteiger partial charge in [-0.05, 0) is 32.0 Å². The SMILES string of the molecule is CCOC(=O)c1ccccc1Nc1nc(C)cc(C(=O)N2CCOCC2)n1. The van der Waals surface area contributed by atoms with Crippen LogP contribution in [0.4, 0.5) is 11.6 Å². The molecule has 8 nitrogen and oxygen atoms in total. The molecule has 0 aliphatic carbocycles. The average Bonchev–Trinajstić information content (AvgIpc) is 2.68. The molecule has 1 aliphatic rings. The lowest BCUT2D eigenvalue weighted by Crippen LogP contribution is -2.41. The number of carbonyl (C=O) groups excluding carboxylic acids is 2. The highest BCUT2D eigenvalue weighted by molar-refractivity contribution is 5.96. The first-order valence-corrected chi connectivity index (χ1v) is 8.84. The lowest BCUT2D eigenvalue weighted by molar-refractivity contribution is 0.0299. The van der Waals surface area contributed by atoms with Crippen LogP contribution < -0.4 is 5.32 Å². The Kier molecular flexibility index (Phi) is 5.97. The van der Waals surface area contributed by atoms with Gasteiger partial charge in [-0.3, -0.25) is 4.79 Å². The minimum absolute atomic E-state index is 0.162. The maximum absolute atomic E-state index is 12.7. The van der Waals surface area contributed by atoms with Crippen LogP contribution in [-0.2, 0) is 9.47 Å². The van der Waals surface area contributed by atoms with Crippen molar-refractivity contribution in [3.8, 4) is 0 Å². The molecule has 1 aromatic heterocycles. The summed E-state index contributed by atoms with van der Waals surface area (Å²) in [6, 6.07) is 8.60. The van der Waals surface area contributed by atoms with Crippen molar-refractivity contribution in [3.05, 3.63) is 47.3 Å². The molecule has 27 heavy (non-hydrogen) atoms. The monoisotopic (exact) mass is 370 g/mol. The second-order valence-corrected chi connectivity index (χ2v) is 6.01. The smallest absolute Gasteiger partial charge is 0.340 e. The average molecular weight is 370 g/mol. The Labute approximate surface area is 157 Å². The van der Waals surface area contributed by atoms with Gasteiger partial charge in [0.15, 0.2) is 0 Å². The van der Waals surface area contributed by atoms with Crippen molar-refractivity contribution in [2.75, 3.05) is 38.2 Å². The second-order valence-electron chi connectivity index (χ2n) is 6.01. The molecule has 2 aromatic rings. The van der Waals surface area contributed by atoms with Crippen molar-refractivity contribution in [2.24, 2.45) is 0 Å². The van der Waals surface area contributed by atoms with Crippen LogP contribution in [-0.4, -0.2) is 59.7 Å². The Morgan fingerprint density at radius 3 is 2.70 bits per heavy atom. The van der Waals surface area contributed by atoms with Gasteiger partial charge in [0, 0.05) is 18.8 Å². The number of hydrogen-bond donors (Lipinski definition) is 1. The van der Waals surface area contributed by atoms with Crippen LogP contribution in [0.5, 0.6) is 0 Å². The van der Waals surface area contributed by atoms with E-state index in [0.29, 0.717) is 48.9 Å². The summed E-state index contributed by atoms with van der Waals surface area (Å²) in [6.07, 6.45) is 0. The number of nitrogens with one attached hydrogen (secondary N) is 1. The molecule has 0 bridgehead atoms. The van der Waals surface area contributed by atoms with Crippen molar-refractivity contribution in [1.82, 2.24) is 14.9 Å². The Morgan fingerprint density at radius 1 is 1.22 bits per heavy atom. The van der Waals surface area contributed by atoms with Crippen molar-refractivity contribution in [3.63, 3.8) is 0 Å². The summed E-state index contributed by atoms with van der Waals surface area (Å²) >= 11 is 0. The number of para-hydroxylation sites is 1. The molecule has 8 heteroatoms. The molecule has 1 amide bonds. The molecule has 2 heterocycles. The van der Waals surface area contributed by atoms with Crippen molar-refractivity contribution < 1.29 is 19.1 Å². The normalized spacial score (nSPS) is 13.9. The first kappa shape index (κ1) is 18.8. The molecule has 0 unspecified atom stereocenters.